The Hall–Kier alpha value is -4.00. The van der Waals surface area contributed by atoms with Gasteiger partial charge in [-0.05, 0) is 102 Å². The summed E-state index contributed by atoms with van der Waals surface area (Å²) in [7, 11) is 0. The number of esters is 1. The Morgan fingerprint density at radius 2 is 0.778 bits per heavy atom. The molecule has 3 unspecified atom stereocenters. The second-order valence-corrected chi connectivity index (χ2v) is 19.3. The van der Waals surface area contributed by atoms with Crippen LogP contribution in [0.25, 0.3) is 0 Å². The number of aliphatic hydroxyl groups is 2. The topological polar surface area (TPSA) is 95.9 Å². The van der Waals surface area contributed by atoms with E-state index in [4.69, 9.17) is 4.74 Å². The number of ether oxygens (including phenoxy) is 1. The van der Waals surface area contributed by atoms with Crippen LogP contribution < -0.4 is 5.32 Å². The zero-order valence-electron chi connectivity index (χ0n) is 46.5. The number of unbranched alkanes of at least 4 members (excludes halogenated alkanes) is 19. The maximum atomic E-state index is 13.3. The number of hydrogen-bond acceptors (Lipinski definition) is 5. The van der Waals surface area contributed by atoms with Crippen LogP contribution in [0.5, 0.6) is 0 Å². The molecule has 0 radical (unpaired) electrons. The van der Waals surface area contributed by atoms with Crippen LogP contribution >= 0.6 is 0 Å². The molecule has 0 bridgehead atoms. The van der Waals surface area contributed by atoms with Gasteiger partial charge in [0.1, 0.15) is 6.10 Å². The Bertz CT molecular complexity index is 1540. The molecule has 72 heavy (non-hydrogen) atoms. The summed E-state index contributed by atoms with van der Waals surface area (Å²) < 4.78 is 5.84. The fourth-order valence-electron chi connectivity index (χ4n) is 8.10. The van der Waals surface area contributed by atoms with Crippen molar-refractivity contribution in [3.63, 3.8) is 0 Å². The van der Waals surface area contributed by atoms with Gasteiger partial charge in [-0.3, -0.25) is 9.59 Å². The molecule has 0 spiro atoms. The van der Waals surface area contributed by atoms with Crippen molar-refractivity contribution in [2.45, 2.75) is 264 Å². The summed E-state index contributed by atoms with van der Waals surface area (Å²) in [5.74, 6) is -0.676. The lowest BCUT2D eigenvalue weighted by Crippen LogP contribution is -2.46. The zero-order valence-corrected chi connectivity index (χ0v) is 46.5. The summed E-state index contributed by atoms with van der Waals surface area (Å²) in [6.45, 7) is 6.22. The number of nitrogens with one attached hydrogen (secondary N) is 1. The number of hydrogen-bond donors (Lipinski definition) is 3. The Morgan fingerprint density at radius 3 is 1.17 bits per heavy atom. The molecule has 3 atom stereocenters. The van der Waals surface area contributed by atoms with E-state index in [0.29, 0.717) is 19.3 Å². The van der Waals surface area contributed by atoms with Crippen LogP contribution in [-0.4, -0.2) is 46.9 Å². The maximum absolute atomic E-state index is 13.3. The van der Waals surface area contributed by atoms with Gasteiger partial charge < -0.3 is 20.3 Å². The molecule has 0 aromatic rings. The van der Waals surface area contributed by atoms with Crippen molar-refractivity contribution in [3.8, 4) is 0 Å². The van der Waals surface area contributed by atoms with E-state index in [1.165, 1.54) is 89.9 Å². The van der Waals surface area contributed by atoms with Gasteiger partial charge in [-0.25, -0.2) is 0 Å². The van der Waals surface area contributed by atoms with Gasteiger partial charge in [0, 0.05) is 6.42 Å². The van der Waals surface area contributed by atoms with Crippen molar-refractivity contribution in [3.05, 3.63) is 134 Å². The Balaban J connectivity index is 4.79. The third-order valence-corrected chi connectivity index (χ3v) is 12.5. The molecule has 0 heterocycles. The molecule has 0 aliphatic rings. The average molecular weight is 997 g/mol. The van der Waals surface area contributed by atoms with Gasteiger partial charge in [0.25, 0.3) is 0 Å². The van der Waals surface area contributed by atoms with Gasteiger partial charge in [-0.2, -0.15) is 0 Å². The highest BCUT2D eigenvalue weighted by molar-refractivity contribution is 5.78. The van der Waals surface area contributed by atoms with Crippen LogP contribution in [0, 0.1) is 0 Å². The summed E-state index contributed by atoms with van der Waals surface area (Å²) in [6.07, 6.45) is 82.6. The second kappa shape index (κ2) is 57.9. The van der Waals surface area contributed by atoms with Crippen molar-refractivity contribution in [2.75, 3.05) is 6.61 Å². The highest BCUT2D eigenvalue weighted by atomic mass is 16.5. The Labute approximate surface area is 443 Å². The fraction of sp³-hybridized carbons (Fsp3) is 0.636. The minimum absolute atomic E-state index is 0.0691. The molecule has 0 aromatic heterocycles. The molecule has 0 rings (SSSR count). The minimum atomic E-state index is -0.836. The number of amides is 1. The molecular formula is C66H109NO5. The van der Waals surface area contributed by atoms with Crippen LogP contribution in [0.2, 0.25) is 0 Å². The average Bonchev–Trinajstić information content (AvgIpc) is 3.37. The molecule has 0 aliphatic carbocycles. The Kier molecular flexibility index (Phi) is 54.7. The molecule has 3 N–H and O–H groups in total. The van der Waals surface area contributed by atoms with Gasteiger partial charge in [0.2, 0.25) is 5.91 Å². The predicted octanol–water partition coefficient (Wildman–Crippen LogP) is 18.6. The van der Waals surface area contributed by atoms with E-state index in [1.54, 1.807) is 6.08 Å². The summed E-state index contributed by atoms with van der Waals surface area (Å²) in [5, 5.41) is 23.8. The van der Waals surface area contributed by atoms with E-state index < -0.39 is 18.2 Å². The first-order valence-electron chi connectivity index (χ1n) is 29.4. The molecule has 0 saturated heterocycles. The van der Waals surface area contributed by atoms with Crippen molar-refractivity contribution in [1.82, 2.24) is 5.32 Å². The zero-order chi connectivity index (χ0) is 52.3. The first kappa shape index (κ1) is 68.0. The van der Waals surface area contributed by atoms with E-state index in [-0.39, 0.29) is 24.9 Å². The summed E-state index contributed by atoms with van der Waals surface area (Å²) in [5.41, 5.74) is 0. The third kappa shape index (κ3) is 52.3. The molecule has 6 heteroatoms. The molecule has 0 fully saturated rings. The first-order valence-corrected chi connectivity index (χ1v) is 29.4. The lowest BCUT2D eigenvalue weighted by Gasteiger charge is -2.23. The lowest BCUT2D eigenvalue weighted by atomic mass is 10.0. The highest BCUT2D eigenvalue weighted by Crippen LogP contribution is 2.16. The third-order valence-electron chi connectivity index (χ3n) is 12.5. The quantitative estimate of drug-likeness (QED) is 0.0321. The number of carbonyl (C=O) groups is 2. The fourth-order valence-corrected chi connectivity index (χ4v) is 8.10. The molecule has 408 valence electrons. The van der Waals surface area contributed by atoms with Crippen molar-refractivity contribution < 1.29 is 24.5 Å². The van der Waals surface area contributed by atoms with Crippen LogP contribution in [0.3, 0.4) is 0 Å². The van der Waals surface area contributed by atoms with Crippen LogP contribution in [-0.2, 0) is 14.3 Å². The van der Waals surface area contributed by atoms with E-state index in [1.807, 2.05) is 6.08 Å². The molecular weight excluding hydrogens is 887 g/mol. The van der Waals surface area contributed by atoms with Crippen molar-refractivity contribution in [1.29, 1.82) is 0 Å². The monoisotopic (exact) mass is 996 g/mol. The minimum Gasteiger partial charge on any atom is -0.458 e. The standard InChI is InChI=1S/C66H109NO5/c1-4-7-10-13-16-19-22-25-28-31-32-35-38-41-44-47-50-53-56-59-66(71)72-62(57-54-51-48-45-42-39-36-33-29-26-23-20-17-14-11-8-5-2)60-65(70)67-63(61-68)64(69)58-55-52-49-46-43-40-37-34-30-27-24-21-18-15-12-9-6-3/h7-8,10-11,16-17,19-20,25-26,28-29,32,35-36,39,41,44-45,48,54,57,62-64,68-69H,4-6,9,12-15,18,21-24,27,30-31,33-34,37-38,40,42-43,46-47,49-53,55-56,58-61H2,1-3H3,(H,67,70)/b10-7-,11-8-,19-16-,20-17-,28-25-,29-26-,35-32-,39-36-,44-41-,48-45-,57-54-. The van der Waals surface area contributed by atoms with Crippen LogP contribution in [0.4, 0.5) is 0 Å². The normalized spacial score (nSPS) is 14.1. The number of aliphatic hydroxyl groups excluding tert-OH is 2. The largest absolute Gasteiger partial charge is 0.458 e. The summed E-state index contributed by atoms with van der Waals surface area (Å²) in [6, 6.07) is -0.761. The first-order chi connectivity index (χ1) is 35.5. The van der Waals surface area contributed by atoms with Crippen molar-refractivity contribution >= 4 is 11.9 Å². The van der Waals surface area contributed by atoms with E-state index >= 15 is 0 Å². The van der Waals surface area contributed by atoms with E-state index in [0.717, 1.165) is 109 Å². The van der Waals surface area contributed by atoms with Gasteiger partial charge in [-0.1, -0.05) is 264 Å². The smallest absolute Gasteiger partial charge is 0.306 e. The molecule has 0 aromatic carbocycles. The van der Waals surface area contributed by atoms with Crippen molar-refractivity contribution in [2.24, 2.45) is 0 Å². The molecule has 1 amide bonds. The molecule has 6 nitrogen and oxygen atoms in total. The molecule has 0 aliphatic heterocycles. The Morgan fingerprint density at radius 1 is 0.431 bits per heavy atom. The van der Waals surface area contributed by atoms with Gasteiger partial charge in [0.05, 0.1) is 25.2 Å². The molecule has 0 saturated carbocycles. The van der Waals surface area contributed by atoms with Gasteiger partial charge >= 0.3 is 5.97 Å². The number of allylic oxidation sites excluding steroid dienone is 21. The summed E-state index contributed by atoms with van der Waals surface area (Å²) >= 11 is 0. The van der Waals surface area contributed by atoms with Gasteiger partial charge in [-0.15, -0.1) is 0 Å². The van der Waals surface area contributed by atoms with E-state index in [2.05, 4.69) is 148 Å². The summed E-state index contributed by atoms with van der Waals surface area (Å²) in [4.78, 5) is 26.2. The lowest BCUT2D eigenvalue weighted by molar-refractivity contribution is -0.148. The SMILES string of the molecule is CC/C=C\C/C=C\C/C=C\C/C=C\C/C=C\C/C=C\C(CC(=O)NC(CO)C(O)CCCCCCCCCCCCCCCCCCC)OC(=O)CCCCC/C=C\C/C=C\C/C=C\C/C=C\C/C=C\CC. The highest BCUT2D eigenvalue weighted by Gasteiger charge is 2.23. The maximum Gasteiger partial charge on any atom is 0.306 e. The van der Waals surface area contributed by atoms with E-state index in [9.17, 15) is 19.8 Å². The second-order valence-electron chi connectivity index (χ2n) is 19.3. The van der Waals surface area contributed by atoms with Crippen LogP contribution in [0.1, 0.15) is 245 Å². The predicted molar refractivity (Wildman–Crippen MR) is 314 cm³/mol. The number of rotatable bonds is 51. The van der Waals surface area contributed by atoms with Crippen LogP contribution in [0.15, 0.2) is 134 Å². The van der Waals surface area contributed by atoms with Gasteiger partial charge in [0.15, 0.2) is 0 Å². The number of carbonyl (C=O) groups excluding carboxylic acids is 2.